The second kappa shape index (κ2) is 8.81. The van der Waals surface area contributed by atoms with E-state index in [1.165, 1.54) is 41.3 Å². The number of hydrogen-bond acceptors (Lipinski definition) is 7. The van der Waals surface area contributed by atoms with Gasteiger partial charge in [-0.05, 0) is 30.3 Å². The third-order valence-electron chi connectivity index (χ3n) is 3.22. The standard InChI is InChI=1S/C17H11ClFN5OS2/c18-11-6-5-10(8-20)14(7-11)21-15(25)9-26-17-24-23-16(27-17)22-13-4-2-1-3-12(13)19/h1-7H,9H2,(H,21,25)(H,22,23). The maximum atomic E-state index is 13.6. The number of halogens is 2. The molecule has 0 aliphatic rings. The van der Waals surface area contributed by atoms with Crippen LogP contribution in [0.1, 0.15) is 5.56 Å². The van der Waals surface area contributed by atoms with Crippen molar-refractivity contribution in [1.29, 1.82) is 5.26 Å². The Bertz CT molecular complexity index is 1020. The molecule has 0 unspecified atom stereocenters. The highest BCUT2D eigenvalue weighted by atomic mass is 35.5. The number of aromatic nitrogens is 2. The molecule has 10 heteroatoms. The average molecular weight is 420 g/mol. The summed E-state index contributed by atoms with van der Waals surface area (Å²) < 4.78 is 14.2. The minimum atomic E-state index is -0.393. The largest absolute Gasteiger partial charge is 0.328 e. The summed E-state index contributed by atoms with van der Waals surface area (Å²) in [6.45, 7) is 0. The maximum Gasteiger partial charge on any atom is 0.234 e. The van der Waals surface area contributed by atoms with Crippen LogP contribution in [0.2, 0.25) is 5.02 Å². The number of amides is 1. The van der Waals surface area contributed by atoms with Gasteiger partial charge < -0.3 is 10.6 Å². The van der Waals surface area contributed by atoms with Gasteiger partial charge in [-0.25, -0.2) is 4.39 Å². The first-order valence-electron chi connectivity index (χ1n) is 7.52. The summed E-state index contributed by atoms with van der Waals surface area (Å²) in [5.41, 5.74) is 0.979. The van der Waals surface area contributed by atoms with Crippen molar-refractivity contribution in [3.8, 4) is 6.07 Å². The number of thioether (sulfide) groups is 1. The number of nitriles is 1. The SMILES string of the molecule is N#Cc1ccc(Cl)cc1NC(=O)CSc1nnc(Nc2ccccc2F)s1. The van der Waals surface area contributed by atoms with E-state index in [0.29, 0.717) is 31.4 Å². The van der Waals surface area contributed by atoms with Gasteiger partial charge in [0.25, 0.3) is 0 Å². The molecular weight excluding hydrogens is 409 g/mol. The molecule has 2 N–H and O–H groups in total. The number of carbonyl (C=O) groups excluding carboxylic acids is 1. The molecule has 0 saturated carbocycles. The van der Waals surface area contributed by atoms with Gasteiger partial charge in [-0.3, -0.25) is 4.79 Å². The van der Waals surface area contributed by atoms with Gasteiger partial charge in [-0.15, -0.1) is 10.2 Å². The molecule has 0 atom stereocenters. The molecule has 2 aromatic carbocycles. The highest BCUT2D eigenvalue weighted by Crippen LogP contribution is 2.28. The molecule has 27 heavy (non-hydrogen) atoms. The highest BCUT2D eigenvalue weighted by Gasteiger charge is 2.12. The van der Waals surface area contributed by atoms with Gasteiger partial charge in [0.15, 0.2) is 4.34 Å². The minimum absolute atomic E-state index is 0.0751. The number of hydrogen-bond donors (Lipinski definition) is 2. The van der Waals surface area contributed by atoms with Gasteiger partial charge >= 0.3 is 0 Å². The first kappa shape index (κ1) is 19.1. The molecule has 0 radical (unpaired) electrons. The smallest absolute Gasteiger partial charge is 0.234 e. The van der Waals surface area contributed by atoms with Crippen molar-refractivity contribution in [3.63, 3.8) is 0 Å². The molecule has 3 rings (SSSR count). The Morgan fingerprint density at radius 3 is 2.85 bits per heavy atom. The molecule has 0 saturated heterocycles. The molecular formula is C17H11ClFN5OS2. The zero-order valence-electron chi connectivity index (χ0n) is 13.6. The fourth-order valence-corrected chi connectivity index (χ4v) is 3.76. The van der Waals surface area contributed by atoms with Crippen molar-refractivity contribution in [2.75, 3.05) is 16.4 Å². The van der Waals surface area contributed by atoms with E-state index in [-0.39, 0.29) is 11.7 Å². The van der Waals surface area contributed by atoms with Crippen LogP contribution in [0, 0.1) is 17.1 Å². The van der Waals surface area contributed by atoms with Gasteiger partial charge in [0.2, 0.25) is 11.0 Å². The first-order valence-corrected chi connectivity index (χ1v) is 9.70. The number of benzene rings is 2. The Labute approximate surface area is 167 Å². The van der Waals surface area contributed by atoms with Crippen LogP contribution in [0.15, 0.2) is 46.8 Å². The summed E-state index contributed by atoms with van der Waals surface area (Å²) in [5.74, 6) is -0.625. The average Bonchev–Trinajstić information content (AvgIpc) is 3.10. The monoisotopic (exact) mass is 419 g/mol. The van der Waals surface area contributed by atoms with E-state index in [2.05, 4.69) is 20.8 Å². The molecule has 0 bridgehead atoms. The van der Waals surface area contributed by atoms with E-state index in [1.54, 1.807) is 24.3 Å². The first-order chi connectivity index (χ1) is 13.0. The fourth-order valence-electron chi connectivity index (χ4n) is 2.03. The van der Waals surface area contributed by atoms with Crippen LogP contribution in [0.4, 0.5) is 20.9 Å². The van der Waals surface area contributed by atoms with Crippen LogP contribution in [-0.4, -0.2) is 21.9 Å². The quantitative estimate of drug-likeness (QED) is 0.564. The molecule has 0 aliphatic carbocycles. The topological polar surface area (TPSA) is 90.7 Å². The molecule has 6 nitrogen and oxygen atoms in total. The zero-order chi connectivity index (χ0) is 19.2. The lowest BCUT2D eigenvalue weighted by Crippen LogP contribution is -2.14. The number of rotatable bonds is 6. The summed E-state index contributed by atoms with van der Waals surface area (Å²) in [6, 6.07) is 12.9. The third-order valence-corrected chi connectivity index (χ3v) is 5.43. The normalized spacial score (nSPS) is 10.3. The minimum Gasteiger partial charge on any atom is -0.328 e. The van der Waals surface area contributed by atoms with E-state index < -0.39 is 5.82 Å². The number of para-hydroxylation sites is 1. The van der Waals surface area contributed by atoms with E-state index in [4.69, 9.17) is 16.9 Å². The van der Waals surface area contributed by atoms with Gasteiger partial charge in [0.1, 0.15) is 11.9 Å². The predicted octanol–water partition coefficient (Wildman–Crippen LogP) is 4.68. The highest BCUT2D eigenvalue weighted by molar-refractivity contribution is 8.01. The van der Waals surface area contributed by atoms with E-state index in [0.717, 1.165) is 0 Å². The van der Waals surface area contributed by atoms with Crippen LogP contribution < -0.4 is 10.6 Å². The Kier molecular flexibility index (Phi) is 6.24. The van der Waals surface area contributed by atoms with Gasteiger partial charge in [0.05, 0.1) is 22.7 Å². The fraction of sp³-hybridized carbons (Fsp3) is 0.0588. The van der Waals surface area contributed by atoms with Crippen molar-refractivity contribution in [2.24, 2.45) is 0 Å². The Balaban J connectivity index is 1.57. The predicted molar refractivity (Wildman–Crippen MR) is 105 cm³/mol. The molecule has 1 amide bonds. The van der Waals surface area contributed by atoms with Crippen molar-refractivity contribution >= 4 is 57.1 Å². The molecule has 0 aliphatic heterocycles. The second-order valence-electron chi connectivity index (χ2n) is 5.12. The number of nitrogens with zero attached hydrogens (tertiary/aromatic N) is 3. The van der Waals surface area contributed by atoms with Crippen molar-refractivity contribution in [3.05, 3.63) is 58.9 Å². The summed E-state index contributed by atoms with van der Waals surface area (Å²) >= 11 is 8.28. The second-order valence-corrected chi connectivity index (χ2v) is 7.75. The Hall–Kier alpha value is -2.67. The van der Waals surface area contributed by atoms with E-state index >= 15 is 0 Å². The molecule has 0 fully saturated rings. The molecule has 3 aromatic rings. The number of carbonyl (C=O) groups is 1. The third kappa shape index (κ3) is 5.17. The van der Waals surface area contributed by atoms with Crippen molar-refractivity contribution in [2.45, 2.75) is 4.34 Å². The molecule has 0 spiro atoms. The van der Waals surface area contributed by atoms with Gasteiger partial charge in [-0.1, -0.05) is 46.8 Å². The van der Waals surface area contributed by atoms with E-state index in [9.17, 15) is 9.18 Å². The van der Waals surface area contributed by atoms with Crippen molar-refractivity contribution < 1.29 is 9.18 Å². The Morgan fingerprint density at radius 1 is 1.26 bits per heavy atom. The lowest BCUT2D eigenvalue weighted by atomic mass is 10.2. The molecule has 136 valence electrons. The summed E-state index contributed by atoms with van der Waals surface area (Å²) in [4.78, 5) is 12.1. The van der Waals surface area contributed by atoms with Crippen LogP contribution in [0.5, 0.6) is 0 Å². The lowest BCUT2D eigenvalue weighted by Gasteiger charge is -2.06. The van der Waals surface area contributed by atoms with Crippen LogP contribution in [-0.2, 0) is 4.79 Å². The molecule has 1 aromatic heterocycles. The maximum absolute atomic E-state index is 13.6. The van der Waals surface area contributed by atoms with Crippen LogP contribution >= 0.6 is 34.7 Å². The summed E-state index contributed by atoms with van der Waals surface area (Å²) in [6.07, 6.45) is 0. The zero-order valence-corrected chi connectivity index (χ0v) is 16.0. The number of nitrogens with one attached hydrogen (secondary N) is 2. The summed E-state index contributed by atoms with van der Waals surface area (Å²) in [5, 5.41) is 23.3. The van der Waals surface area contributed by atoms with Gasteiger partial charge in [-0.2, -0.15) is 5.26 Å². The van der Waals surface area contributed by atoms with E-state index in [1.807, 2.05) is 6.07 Å². The lowest BCUT2D eigenvalue weighted by molar-refractivity contribution is -0.113. The number of anilines is 3. The van der Waals surface area contributed by atoms with Crippen molar-refractivity contribution in [1.82, 2.24) is 10.2 Å². The van der Waals surface area contributed by atoms with Crippen LogP contribution in [0.3, 0.4) is 0 Å². The van der Waals surface area contributed by atoms with Gasteiger partial charge in [0, 0.05) is 5.02 Å². The molecule has 1 heterocycles. The van der Waals surface area contributed by atoms with Crippen LogP contribution in [0.25, 0.3) is 0 Å². The summed E-state index contributed by atoms with van der Waals surface area (Å²) in [7, 11) is 0. The Morgan fingerprint density at radius 2 is 2.07 bits per heavy atom.